The predicted octanol–water partition coefficient (Wildman–Crippen LogP) is 6.23. The molecule has 0 aliphatic heterocycles. The molecule has 2 amide bonds. The molecule has 0 radical (unpaired) electrons. The van der Waals surface area contributed by atoms with Gasteiger partial charge in [0.2, 0.25) is 5.91 Å². The normalized spacial score (nSPS) is 12.4. The molecule has 1 heterocycles. The Bertz CT molecular complexity index is 1180. The Labute approximate surface area is 191 Å². The lowest BCUT2D eigenvalue weighted by molar-refractivity contribution is -0.143. The van der Waals surface area contributed by atoms with Crippen molar-refractivity contribution in [3.63, 3.8) is 0 Å². The third-order valence-corrected chi connectivity index (χ3v) is 5.45. The van der Waals surface area contributed by atoms with Gasteiger partial charge in [-0.3, -0.25) is 9.59 Å². The second-order valence-corrected chi connectivity index (χ2v) is 8.12. The third-order valence-electron chi connectivity index (χ3n) is 4.33. The van der Waals surface area contributed by atoms with Crippen molar-refractivity contribution in [1.82, 2.24) is 0 Å². The van der Waals surface area contributed by atoms with E-state index in [1.165, 1.54) is 49.6 Å². The predicted molar refractivity (Wildman–Crippen MR) is 108 cm³/mol. The fourth-order valence-corrected chi connectivity index (χ4v) is 3.56. The first-order chi connectivity index (χ1) is 15.9. The molecule has 1 unspecified atom stereocenters. The minimum atomic E-state index is -5.69. The highest BCUT2D eigenvalue weighted by Gasteiger charge is 2.42. The first-order valence-electron chi connectivity index (χ1n) is 9.25. The van der Waals surface area contributed by atoms with Gasteiger partial charge in [0.1, 0.15) is 11.3 Å². The van der Waals surface area contributed by atoms with Crippen molar-refractivity contribution in [2.45, 2.75) is 23.2 Å². The van der Waals surface area contributed by atoms with E-state index in [1.807, 2.05) is 0 Å². The van der Waals surface area contributed by atoms with Crippen LogP contribution in [0, 0.1) is 23.3 Å². The van der Waals surface area contributed by atoms with Crippen LogP contribution in [0.4, 0.5) is 42.1 Å². The van der Waals surface area contributed by atoms with Crippen molar-refractivity contribution in [2.24, 2.45) is 0 Å². The van der Waals surface area contributed by atoms with Gasteiger partial charge in [-0.2, -0.15) is 13.2 Å². The highest BCUT2D eigenvalue weighted by atomic mass is 32.2. The lowest BCUT2D eigenvalue weighted by Gasteiger charge is -2.16. The monoisotopic (exact) mass is 506 g/mol. The van der Waals surface area contributed by atoms with E-state index in [0.717, 1.165) is 11.8 Å². The summed E-state index contributed by atoms with van der Waals surface area (Å²) >= 11 is 0.868. The maximum atomic E-state index is 14.0. The lowest BCUT2D eigenvalue weighted by atomic mass is 10.1. The number of hydrogen-bond acceptors (Lipinski definition) is 4. The van der Waals surface area contributed by atoms with Crippen molar-refractivity contribution < 1.29 is 44.7 Å². The zero-order valence-corrected chi connectivity index (χ0v) is 17.7. The average molecular weight is 506 g/mol. The number of nitrogens with one attached hydrogen (secondary N) is 2. The summed E-state index contributed by atoms with van der Waals surface area (Å²) in [5.74, 6) is -11.7. The number of halogens is 7. The fraction of sp³-hybridized carbons (Fsp3) is 0.143. The van der Waals surface area contributed by atoms with E-state index in [9.17, 15) is 40.3 Å². The van der Waals surface area contributed by atoms with Crippen molar-refractivity contribution in [3.05, 3.63) is 77.3 Å². The highest BCUT2D eigenvalue weighted by molar-refractivity contribution is 8.00. The molecule has 1 atom stereocenters. The molecule has 0 saturated heterocycles. The number of anilines is 2. The Morgan fingerprint density at radius 2 is 1.50 bits per heavy atom. The number of amides is 2. The second-order valence-electron chi connectivity index (χ2n) is 6.71. The van der Waals surface area contributed by atoms with Gasteiger partial charge in [-0.15, -0.1) is 11.8 Å². The molecule has 5 nitrogen and oxygen atoms in total. The molecule has 3 rings (SSSR count). The summed E-state index contributed by atoms with van der Waals surface area (Å²) in [5, 5.41) is 3.06. The van der Waals surface area contributed by atoms with Gasteiger partial charge >= 0.3 is 6.18 Å². The molecular formula is C21H13F7N2O3S. The van der Waals surface area contributed by atoms with E-state index < -0.39 is 57.8 Å². The van der Waals surface area contributed by atoms with Gasteiger partial charge in [0.05, 0.1) is 11.5 Å². The Morgan fingerprint density at radius 3 is 2.00 bits per heavy atom. The number of carbonyl (C=O) groups is 2. The summed E-state index contributed by atoms with van der Waals surface area (Å²) in [6.45, 7) is 1.29. The first-order valence-corrected chi connectivity index (χ1v) is 10.1. The highest BCUT2D eigenvalue weighted by Crippen LogP contribution is 2.38. The number of carbonyl (C=O) groups excluding carboxylic acids is 2. The molecular weight excluding hydrogens is 493 g/mol. The van der Waals surface area contributed by atoms with Crippen LogP contribution in [0.3, 0.4) is 0 Å². The minimum absolute atomic E-state index is 0.0827. The molecule has 0 aliphatic carbocycles. The van der Waals surface area contributed by atoms with Crippen molar-refractivity contribution in [1.29, 1.82) is 0 Å². The van der Waals surface area contributed by atoms with E-state index >= 15 is 0 Å². The maximum Gasteiger partial charge on any atom is 0.422 e. The SMILES string of the molecule is CC(Sc1ccc(NC(=O)c2ccco2)cc1)C(=O)Nc1c(F)c(F)c(C(F)(F)F)c(F)c1F. The molecule has 0 aliphatic rings. The third kappa shape index (κ3) is 5.35. The van der Waals surface area contributed by atoms with Gasteiger partial charge in [0.15, 0.2) is 29.0 Å². The molecule has 2 N–H and O–H groups in total. The van der Waals surface area contributed by atoms with Gasteiger partial charge in [0, 0.05) is 10.6 Å². The summed E-state index contributed by atoms with van der Waals surface area (Å²) < 4.78 is 98.4. The topological polar surface area (TPSA) is 71.3 Å². The van der Waals surface area contributed by atoms with Crippen LogP contribution in [0.15, 0.2) is 52.0 Å². The Kier molecular flexibility index (Phi) is 7.24. The average Bonchev–Trinajstić information content (AvgIpc) is 3.31. The lowest BCUT2D eigenvalue weighted by Crippen LogP contribution is -2.25. The zero-order valence-electron chi connectivity index (χ0n) is 16.9. The summed E-state index contributed by atoms with van der Waals surface area (Å²) in [6, 6.07) is 8.99. The van der Waals surface area contributed by atoms with E-state index in [2.05, 4.69) is 5.32 Å². The quantitative estimate of drug-likeness (QED) is 0.236. The number of hydrogen-bond donors (Lipinski definition) is 2. The summed E-state index contributed by atoms with van der Waals surface area (Å²) in [7, 11) is 0. The van der Waals surface area contributed by atoms with Crippen LogP contribution in [-0.2, 0) is 11.0 Å². The summed E-state index contributed by atoms with van der Waals surface area (Å²) in [5.41, 5.74) is -4.01. The first kappa shape index (κ1) is 25.1. The van der Waals surface area contributed by atoms with E-state index in [-0.39, 0.29) is 5.76 Å². The molecule has 1 aromatic heterocycles. The number of furan rings is 1. The van der Waals surface area contributed by atoms with Crippen LogP contribution in [0.2, 0.25) is 0 Å². The number of benzene rings is 2. The Hall–Kier alpha value is -3.48. The van der Waals surface area contributed by atoms with Crippen LogP contribution in [0.25, 0.3) is 0 Å². The van der Waals surface area contributed by atoms with Gasteiger partial charge in [-0.25, -0.2) is 17.6 Å². The number of rotatable bonds is 6. The van der Waals surface area contributed by atoms with Crippen LogP contribution in [0.5, 0.6) is 0 Å². The largest absolute Gasteiger partial charge is 0.459 e. The molecule has 3 aromatic rings. The van der Waals surface area contributed by atoms with Crippen molar-refractivity contribution >= 4 is 35.0 Å². The molecule has 180 valence electrons. The Morgan fingerprint density at radius 1 is 0.912 bits per heavy atom. The van der Waals surface area contributed by atoms with E-state index in [0.29, 0.717) is 10.6 Å². The van der Waals surface area contributed by atoms with Crippen molar-refractivity contribution in [2.75, 3.05) is 10.6 Å². The second kappa shape index (κ2) is 9.79. The van der Waals surface area contributed by atoms with Gasteiger partial charge in [0.25, 0.3) is 5.91 Å². The van der Waals surface area contributed by atoms with Crippen LogP contribution in [0.1, 0.15) is 23.0 Å². The molecule has 13 heteroatoms. The van der Waals surface area contributed by atoms with Gasteiger partial charge < -0.3 is 15.1 Å². The van der Waals surface area contributed by atoms with Crippen LogP contribution in [-0.4, -0.2) is 17.1 Å². The maximum absolute atomic E-state index is 14.0. The molecule has 0 fully saturated rings. The fourth-order valence-electron chi connectivity index (χ4n) is 2.69. The van der Waals surface area contributed by atoms with Gasteiger partial charge in [-0.1, -0.05) is 0 Å². The van der Waals surface area contributed by atoms with Crippen LogP contribution < -0.4 is 10.6 Å². The zero-order chi connectivity index (χ0) is 25.2. The van der Waals surface area contributed by atoms with Crippen molar-refractivity contribution in [3.8, 4) is 0 Å². The van der Waals surface area contributed by atoms with E-state index in [1.54, 1.807) is 5.32 Å². The van der Waals surface area contributed by atoms with Gasteiger partial charge in [-0.05, 0) is 43.3 Å². The van der Waals surface area contributed by atoms with E-state index in [4.69, 9.17) is 4.42 Å². The summed E-state index contributed by atoms with van der Waals surface area (Å²) in [6.07, 6.45) is -4.36. The summed E-state index contributed by atoms with van der Waals surface area (Å²) in [4.78, 5) is 24.7. The molecule has 2 aromatic carbocycles. The van der Waals surface area contributed by atoms with Crippen LogP contribution >= 0.6 is 11.8 Å². The Balaban J connectivity index is 1.69. The molecule has 34 heavy (non-hydrogen) atoms. The number of alkyl halides is 3. The molecule has 0 bridgehead atoms. The standard InChI is InChI=1S/C21H13F7N2O3S/c1-9(34-11-6-4-10(5-7-11)29-20(32)12-3-2-8-33-12)19(31)30-18-16(24)14(22)13(21(26,27)28)15(23)17(18)25/h2-9H,1H3,(H,29,32)(H,30,31). The minimum Gasteiger partial charge on any atom is -0.459 e. The molecule has 0 spiro atoms. The smallest absolute Gasteiger partial charge is 0.422 e. The molecule has 0 saturated carbocycles. The number of thioether (sulfide) groups is 1.